The molecule has 0 bridgehead atoms. The Morgan fingerprint density at radius 1 is 1.25 bits per heavy atom. The number of carbonyl (C=O) groups excluding carboxylic acids is 1. The number of benzene rings is 1. The summed E-state index contributed by atoms with van der Waals surface area (Å²) in [5.74, 6) is 1.09. The standard InChI is InChI=1S/C15H15IN2O2/c16-14-8-7-11(20-14)10-17-12-4-1-2-5-13(12)18-9-3-6-15(18)19/h1-2,4-5,7-8,17H,3,6,9-10H2. The molecule has 3 rings (SSSR count). The summed E-state index contributed by atoms with van der Waals surface area (Å²) in [7, 11) is 0. The minimum atomic E-state index is 0.201. The van der Waals surface area contributed by atoms with E-state index in [0.29, 0.717) is 13.0 Å². The molecule has 2 aromatic rings. The van der Waals surface area contributed by atoms with Gasteiger partial charge in [-0.1, -0.05) is 12.1 Å². The van der Waals surface area contributed by atoms with Gasteiger partial charge >= 0.3 is 0 Å². The largest absolute Gasteiger partial charge is 0.454 e. The molecule has 5 heteroatoms. The van der Waals surface area contributed by atoms with E-state index >= 15 is 0 Å². The lowest BCUT2D eigenvalue weighted by Gasteiger charge is -2.20. The fraction of sp³-hybridized carbons (Fsp3) is 0.267. The summed E-state index contributed by atoms with van der Waals surface area (Å²) in [6.07, 6.45) is 1.58. The molecule has 0 saturated carbocycles. The minimum absolute atomic E-state index is 0.201. The van der Waals surface area contributed by atoms with E-state index in [9.17, 15) is 4.79 Å². The number of halogens is 1. The van der Waals surface area contributed by atoms with Gasteiger partial charge in [0.1, 0.15) is 5.76 Å². The van der Waals surface area contributed by atoms with Crippen LogP contribution >= 0.6 is 22.6 Å². The van der Waals surface area contributed by atoms with Crippen LogP contribution in [0.4, 0.5) is 11.4 Å². The Labute approximate surface area is 131 Å². The molecule has 0 aliphatic carbocycles. The zero-order valence-corrected chi connectivity index (χ0v) is 13.1. The van der Waals surface area contributed by atoms with Gasteiger partial charge in [-0.2, -0.15) is 0 Å². The fourth-order valence-electron chi connectivity index (χ4n) is 2.39. The molecular formula is C15H15IN2O2. The fourth-order valence-corrected chi connectivity index (χ4v) is 2.85. The number of nitrogens with one attached hydrogen (secondary N) is 1. The molecule has 1 saturated heterocycles. The van der Waals surface area contributed by atoms with Crippen molar-refractivity contribution in [3.05, 3.63) is 45.9 Å². The molecule has 0 unspecified atom stereocenters. The first-order valence-corrected chi connectivity index (χ1v) is 7.69. The van der Waals surface area contributed by atoms with Crippen molar-refractivity contribution in [3.8, 4) is 0 Å². The quantitative estimate of drug-likeness (QED) is 0.822. The van der Waals surface area contributed by atoms with Crippen LogP contribution in [-0.2, 0) is 11.3 Å². The highest BCUT2D eigenvalue weighted by molar-refractivity contribution is 14.1. The number of anilines is 2. The van der Waals surface area contributed by atoms with Crippen molar-refractivity contribution in [1.82, 2.24) is 0 Å². The Hall–Kier alpha value is -1.50. The topological polar surface area (TPSA) is 45.5 Å². The van der Waals surface area contributed by atoms with Gasteiger partial charge in [-0.3, -0.25) is 4.79 Å². The van der Waals surface area contributed by atoms with Crippen molar-refractivity contribution in [2.24, 2.45) is 0 Å². The Kier molecular flexibility index (Phi) is 3.95. The van der Waals surface area contributed by atoms with Crippen LogP contribution in [0.25, 0.3) is 0 Å². The Morgan fingerprint density at radius 2 is 2.10 bits per heavy atom. The first kappa shape index (κ1) is 13.5. The summed E-state index contributed by atoms with van der Waals surface area (Å²) in [6.45, 7) is 1.41. The summed E-state index contributed by atoms with van der Waals surface area (Å²) in [6, 6.07) is 11.8. The van der Waals surface area contributed by atoms with E-state index in [1.807, 2.05) is 41.3 Å². The van der Waals surface area contributed by atoms with Crippen LogP contribution in [0, 0.1) is 3.77 Å². The average molecular weight is 382 g/mol. The van der Waals surface area contributed by atoms with Crippen LogP contribution in [0.1, 0.15) is 18.6 Å². The van der Waals surface area contributed by atoms with Crippen LogP contribution < -0.4 is 10.2 Å². The van der Waals surface area contributed by atoms with E-state index in [-0.39, 0.29) is 5.91 Å². The molecule has 1 amide bonds. The third kappa shape index (κ3) is 2.82. The molecule has 20 heavy (non-hydrogen) atoms. The summed E-state index contributed by atoms with van der Waals surface area (Å²) < 4.78 is 6.41. The van der Waals surface area contributed by atoms with Crippen molar-refractivity contribution in [2.75, 3.05) is 16.8 Å². The monoisotopic (exact) mass is 382 g/mol. The molecule has 0 atom stereocenters. The minimum Gasteiger partial charge on any atom is -0.454 e. The summed E-state index contributed by atoms with van der Waals surface area (Å²) in [5.41, 5.74) is 1.92. The molecule has 1 aromatic heterocycles. The zero-order valence-electron chi connectivity index (χ0n) is 10.9. The molecule has 1 aliphatic heterocycles. The zero-order chi connectivity index (χ0) is 13.9. The van der Waals surface area contributed by atoms with Gasteiger partial charge in [0.15, 0.2) is 3.77 Å². The normalized spacial score (nSPS) is 14.8. The lowest BCUT2D eigenvalue weighted by Crippen LogP contribution is -2.24. The molecule has 1 fully saturated rings. The molecule has 2 heterocycles. The second kappa shape index (κ2) is 5.87. The van der Waals surface area contributed by atoms with Gasteiger partial charge in [0.2, 0.25) is 5.91 Å². The molecule has 0 radical (unpaired) electrons. The van der Waals surface area contributed by atoms with Gasteiger partial charge in [-0.15, -0.1) is 0 Å². The van der Waals surface area contributed by atoms with Crippen molar-refractivity contribution in [1.29, 1.82) is 0 Å². The number of amides is 1. The van der Waals surface area contributed by atoms with Gasteiger partial charge < -0.3 is 14.6 Å². The molecule has 1 aromatic carbocycles. The van der Waals surface area contributed by atoms with E-state index < -0.39 is 0 Å². The molecule has 1 N–H and O–H groups in total. The number of rotatable bonds is 4. The van der Waals surface area contributed by atoms with Gasteiger partial charge in [-0.05, 0) is 53.3 Å². The van der Waals surface area contributed by atoms with Crippen LogP contribution in [0.5, 0.6) is 0 Å². The van der Waals surface area contributed by atoms with E-state index in [4.69, 9.17) is 4.42 Å². The number of hydrogen-bond donors (Lipinski definition) is 1. The predicted molar refractivity (Wildman–Crippen MR) is 86.8 cm³/mol. The maximum atomic E-state index is 11.9. The smallest absolute Gasteiger partial charge is 0.227 e. The highest BCUT2D eigenvalue weighted by atomic mass is 127. The first-order chi connectivity index (χ1) is 9.74. The SMILES string of the molecule is O=C1CCCN1c1ccccc1NCc1ccc(I)o1. The van der Waals surface area contributed by atoms with E-state index in [1.165, 1.54) is 0 Å². The van der Waals surface area contributed by atoms with Crippen molar-refractivity contribution >= 4 is 39.9 Å². The summed E-state index contributed by atoms with van der Waals surface area (Å²) >= 11 is 2.15. The van der Waals surface area contributed by atoms with Gasteiger partial charge in [0.05, 0.1) is 17.9 Å². The Balaban J connectivity index is 1.77. The second-order valence-electron chi connectivity index (χ2n) is 4.73. The van der Waals surface area contributed by atoms with Crippen LogP contribution in [0.2, 0.25) is 0 Å². The van der Waals surface area contributed by atoms with Crippen molar-refractivity contribution in [2.45, 2.75) is 19.4 Å². The summed E-state index contributed by atoms with van der Waals surface area (Å²) in [5, 5.41) is 3.35. The Morgan fingerprint density at radius 3 is 2.80 bits per heavy atom. The molecule has 0 spiro atoms. The van der Waals surface area contributed by atoms with Crippen LogP contribution in [0.15, 0.2) is 40.8 Å². The Bertz CT molecular complexity index is 624. The number of para-hydroxylation sites is 2. The van der Waals surface area contributed by atoms with E-state index in [0.717, 1.165) is 33.9 Å². The second-order valence-corrected chi connectivity index (χ2v) is 5.79. The van der Waals surface area contributed by atoms with E-state index in [2.05, 4.69) is 27.9 Å². The van der Waals surface area contributed by atoms with Crippen LogP contribution in [0.3, 0.4) is 0 Å². The lowest BCUT2D eigenvalue weighted by atomic mass is 10.2. The van der Waals surface area contributed by atoms with E-state index in [1.54, 1.807) is 0 Å². The van der Waals surface area contributed by atoms with Gasteiger partial charge in [0, 0.05) is 13.0 Å². The molecule has 4 nitrogen and oxygen atoms in total. The molecule has 104 valence electrons. The number of furan rings is 1. The maximum absolute atomic E-state index is 11.9. The van der Waals surface area contributed by atoms with Gasteiger partial charge in [0.25, 0.3) is 0 Å². The number of carbonyl (C=O) groups is 1. The average Bonchev–Trinajstić information content (AvgIpc) is 3.05. The lowest BCUT2D eigenvalue weighted by molar-refractivity contribution is -0.117. The third-order valence-electron chi connectivity index (χ3n) is 3.35. The highest BCUT2D eigenvalue weighted by Gasteiger charge is 2.23. The maximum Gasteiger partial charge on any atom is 0.227 e. The highest BCUT2D eigenvalue weighted by Crippen LogP contribution is 2.29. The van der Waals surface area contributed by atoms with Crippen LogP contribution in [-0.4, -0.2) is 12.5 Å². The van der Waals surface area contributed by atoms with Gasteiger partial charge in [-0.25, -0.2) is 0 Å². The molecular weight excluding hydrogens is 367 g/mol. The number of hydrogen-bond acceptors (Lipinski definition) is 3. The molecule has 1 aliphatic rings. The van der Waals surface area contributed by atoms with Crippen molar-refractivity contribution < 1.29 is 9.21 Å². The first-order valence-electron chi connectivity index (χ1n) is 6.61. The van der Waals surface area contributed by atoms with Crippen molar-refractivity contribution in [3.63, 3.8) is 0 Å². The number of nitrogens with zero attached hydrogens (tertiary/aromatic N) is 1. The third-order valence-corrected chi connectivity index (χ3v) is 3.93. The summed E-state index contributed by atoms with van der Waals surface area (Å²) in [4.78, 5) is 13.7. The predicted octanol–water partition coefficient (Wildman–Crippen LogP) is 3.62.